The first-order valence-electron chi connectivity index (χ1n) is 9.39. The van der Waals surface area contributed by atoms with Gasteiger partial charge >= 0.3 is 6.03 Å². The number of carbonyl (C=O) groups is 1. The molecule has 7 nitrogen and oxygen atoms in total. The number of methoxy groups -OCH3 is 1. The highest BCUT2D eigenvalue weighted by Gasteiger charge is 2.49. The second-order valence-electron chi connectivity index (χ2n) is 7.39. The molecule has 0 bridgehead atoms. The number of aromatic nitrogens is 2. The third-order valence-electron chi connectivity index (χ3n) is 5.65. The maximum absolute atomic E-state index is 12.4. The fourth-order valence-electron chi connectivity index (χ4n) is 4.17. The Bertz CT molecular complexity index is 777. The SMILES string of the molecule is COc1cnc(NC(=O)NC2CN(Cc3ccccc3)C3(CCC3)C2)cn1. The first-order valence-corrected chi connectivity index (χ1v) is 9.39. The Morgan fingerprint density at radius 2 is 2.07 bits per heavy atom. The normalized spacial score (nSPS) is 20.9. The smallest absolute Gasteiger partial charge is 0.320 e. The number of amides is 2. The molecule has 0 radical (unpaired) electrons. The molecule has 142 valence electrons. The van der Waals surface area contributed by atoms with E-state index in [1.807, 2.05) is 6.07 Å². The molecule has 1 saturated carbocycles. The van der Waals surface area contributed by atoms with Crippen molar-refractivity contribution in [1.29, 1.82) is 0 Å². The van der Waals surface area contributed by atoms with E-state index in [2.05, 4.69) is 49.8 Å². The van der Waals surface area contributed by atoms with Gasteiger partial charge in [0.15, 0.2) is 5.82 Å². The molecule has 1 aromatic carbocycles. The van der Waals surface area contributed by atoms with Gasteiger partial charge in [0.1, 0.15) is 0 Å². The topological polar surface area (TPSA) is 79.4 Å². The zero-order valence-corrected chi connectivity index (χ0v) is 15.5. The highest BCUT2D eigenvalue weighted by Crippen LogP contribution is 2.46. The minimum atomic E-state index is -0.240. The number of likely N-dealkylation sites (tertiary alicyclic amines) is 1. The Balaban J connectivity index is 1.35. The molecule has 2 aromatic rings. The first kappa shape index (κ1) is 17.7. The lowest BCUT2D eigenvalue weighted by Gasteiger charge is -2.46. The van der Waals surface area contributed by atoms with Gasteiger partial charge in [-0.1, -0.05) is 30.3 Å². The molecule has 1 aliphatic carbocycles. The van der Waals surface area contributed by atoms with Crippen molar-refractivity contribution in [1.82, 2.24) is 20.2 Å². The highest BCUT2D eigenvalue weighted by molar-refractivity contribution is 5.88. The number of urea groups is 1. The Morgan fingerprint density at radius 3 is 2.70 bits per heavy atom. The van der Waals surface area contributed by atoms with Crippen LogP contribution < -0.4 is 15.4 Å². The van der Waals surface area contributed by atoms with Crippen LogP contribution in [0.15, 0.2) is 42.7 Å². The maximum Gasteiger partial charge on any atom is 0.320 e. The minimum Gasteiger partial charge on any atom is -0.480 e. The molecule has 1 saturated heterocycles. The average Bonchev–Trinajstić information content (AvgIpc) is 3.01. The van der Waals surface area contributed by atoms with E-state index in [-0.39, 0.29) is 17.6 Å². The molecule has 2 heterocycles. The molecule has 1 aromatic heterocycles. The summed E-state index contributed by atoms with van der Waals surface area (Å²) in [7, 11) is 1.53. The third kappa shape index (κ3) is 3.88. The lowest BCUT2D eigenvalue weighted by Crippen LogP contribution is -2.48. The van der Waals surface area contributed by atoms with E-state index < -0.39 is 0 Å². The highest BCUT2D eigenvalue weighted by atomic mass is 16.5. The van der Waals surface area contributed by atoms with Gasteiger partial charge in [-0.15, -0.1) is 0 Å². The number of hydrogen-bond acceptors (Lipinski definition) is 5. The average molecular weight is 367 g/mol. The van der Waals surface area contributed by atoms with Crippen molar-refractivity contribution in [2.24, 2.45) is 0 Å². The van der Waals surface area contributed by atoms with Crippen molar-refractivity contribution in [2.75, 3.05) is 19.0 Å². The molecule has 27 heavy (non-hydrogen) atoms. The van der Waals surface area contributed by atoms with Crippen molar-refractivity contribution in [3.8, 4) is 5.88 Å². The molecule has 2 aliphatic rings. The molecule has 1 spiro atoms. The summed E-state index contributed by atoms with van der Waals surface area (Å²) in [5, 5.41) is 5.85. The Kier molecular flexibility index (Phi) is 4.94. The van der Waals surface area contributed by atoms with Gasteiger partial charge in [0.25, 0.3) is 0 Å². The lowest BCUT2D eigenvalue weighted by atomic mass is 9.74. The molecule has 4 rings (SSSR count). The van der Waals surface area contributed by atoms with Gasteiger partial charge in [-0.25, -0.2) is 14.8 Å². The van der Waals surface area contributed by atoms with Crippen LogP contribution in [0.5, 0.6) is 5.88 Å². The first-order chi connectivity index (χ1) is 13.2. The van der Waals surface area contributed by atoms with Crippen LogP contribution in [-0.2, 0) is 6.54 Å². The summed E-state index contributed by atoms with van der Waals surface area (Å²) in [5.74, 6) is 0.825. The zero-order valence-electron chi connectivity index (χ0n) is 15.5. The number of ether oxygens (including phenoxy) is 1. The third-order valence-corrected chi connectivity index (χ3v) is 5.65. The van der Waals surface area contributed by atoms with E-state index in [4.69, 9.17) is 4.74 Å². The molecule has 2 N–H and O–H groups in total. The maximum atomic E-state index is 12.4. The summed E-state index contributed by atoms with van der Waals surface area (Å²) < 4.78 is 4.98. The molecule has 1 unspecified atom stereocenters. The number of anilines is 1. The van der Waals surface area contributed by atoms with Crippen LogP contribution in [0.1, 0.15) is 31.2 Å². The van der Waals surface area contributed by atoms with E-state index in [1.54, 1.807) is 0 Å². The lowest BCUT2D eigenvalue weighted by molar-refractivity contribution is 0.0495. The van der Waals surface area contributed by atoms with Gasteiger partial charge in [0, 0.05) is 24.7 Å². The molecule has 2 fully saturated rings. The summed E-state index contributed by atoms with van der Waals surface area (Å²) in [6, 6.07) is 10.4. The number of benzene rings is 1. The molecule has 1 aliphatic heterocycles. The van der Waals surface area contributed by atoms with Gasteiger partial charge in [-0.2, -0.15) is 0 Å². The van der Waals surface area contributed by atoms with Crippen LogP contribution in [0, 0.1) is 0 Å². The van der Waals surface area contributed by atoms with E-state index in [0.717, 1.165) is 19.5 Å². The summed E-state index contributed by atoms with van der Waals surface area (Å²) in [5.41, 5.74) is 1.57. The Morgan fingerprint density at radius 1 is 1.26 bits per heavy atom. The molecule has 1 atom stereocenters. The summed E-state index contributed by atoms with van der Waals surface area (Å²) in [6.45, 7) is 1.81. The number of hydrogen-bond donors (Lipinski definition) is 2. The molecular formula is C20H25N5O2. The van der Waals surface area contributed by atoms with Gasteiger partial charge in [0.05, 0.1) is 19.5 Å². The van der Waals surface area contributed by atoms with Crippen LogP contribution in [0.2, 0.25) is 0 Å². The van der Waals surface area contributed by atoms with Crippen LogP contribution in [0.25, 0.3) is 0 Å². The van der Waals surface area contributed by atoms with Crippen LogP contribution in [0.4, 0.5) is 10.6 Å². The van der Waals surface area contributed by atoms with E-state index in [0.29, 0.717) is 11.7 Å². The monoisotopic (exact) mass is 367 g/mol. The van der Waals surface area contributed by atoms with Crippen LogP contribution in [-0.4, -0.2) is 46.1 Å². The second kappa shape index (κ2) is 7.52. The van der Waals surface area contributed by atoms with Crippen molar-refractivity contribution < 1.29 is 9.53 Å². The van der Waals surface area contributed by atoms with Gasteiger partial charge < -0.3 is 10.1 Å². The minimum absolute atomic E-state index is 0.139. The molecular weight excluding hydrogens is 342 g/mol. The largest absolute Gasteiger partial charge is 0.480 e. The van der Waals surface area contributed by atoms with Crippen LogP contribution >= 0.6 is 0 Å². The number of nitrogens with one attached hydrogen (secondary N) is 2. The van der Waals surface area contributed by atoms with Crippen LogP contribution in [0.3, 0.4) is 0 Å². The predicted octanol–water partition coefficient (Wildman–Crippen LogP) is 2.80. The van der Waals surface area contributed by atoms with E-state index in [9.17, 15) is 4.79 Å². The number of rotatable bonds is 5. The van der Waals surface area contributed by atoms with Gasteiger partial charge in [0.2, 0.25) is 5.88 Å². The van der Waals surface area contributed by atoms with Gasteiger partial charge in [-0.3, -0.25) is 10.2 Å². The van der Waals surface area contributed by atoms with E-state index in [1.165, 1.54) is 44.3 Å². The molecule has 7 heteroatoms. The second-order valence-corrected chi connectivity index (χ2v) is 7.39. The summed E-state index contributed by atoms with van der Waals surface area (Å²) in [4.78, 5) is 23.1. The summed E-state index contributed by atoms with van der Waals surface area (Å²) >= 11 is 0. The standard InChI is InChI=1S/C20H25N5O2/c1-27-18-12-21-17(11-22-18)24-19(26)23-16-10-20(8-5-9-20)25(14-16)13-15-6-3-2-4-7-15/h2-4,6-7,11-12,16H,5,8-10,13-14H2,1H3,(H2,21,23,24,26). The zero-order chi connectivity index (χ0) is 18.7. The Hall–Kier alpha value is -2.67. The Labute approximate surface area is 159 Å². The van der Waals surface area contributed by atoms with E-state index >= 15 is 0 Å². The molecule has 2 amide bonds. The fourth-order valence-corrected chi connectivity index (χ4v) is 4.17. The van der Waals surface area contributed by atoms with Crippen molar-refractivity contribution >= 4 is 11.8 Å². The van der Waals surface area contributed by atoms with Gasteiger partial charge in [-0.05, 0) is 31.2 Å². The van der Waals surface area contributed by atoms with Crippen molar-refractivity contribution in [3.63, 3.8) is 0 Å². The predicted molar refractivity (Wildman–Crippen MR) is 103 cm³/mol. The van der Waals surface area contributed by atoms with Crippen molar-refractivity contribution in [3.05, 3.63) is 48.3 Å². The quantitative estimate of drug-likeness (QED) is 0.849. The fraction of sp³-hybridized carbons (Fsp3) is 0.450. The number of nitrogens with zero attached hydrogens (tertiary/aromatic N) is 3. The van der Waals surface area contributed by atoms with Crippen molar-refractivity contribution in [2.45, 2.75) is 43.8 Å². The summed E-state index contributed by atoms with van der Waals surface area (Å²) in [6.07, 6.45) is 7.67. The number of carbonyl (C=O) groups excluding carboxylic acids is 1.